The number of nitrogens with zero attached hydrogens (tertiary/aromatic N) is 2. The molecule has 2 amide bonds. The van der Waals surface area contributed by atoms with Crippen LogP contribution in [0.5, 0.6) is 0 Å². The van der Waals surface area contributed by atoms with E-state index in [1.807, 2.05) is 38.1 Å². The van der Waals surface area contributed by atoms with Crippen LogP contribution in [-0.2, 0) is 26.2 Å². The molecule has 36 heavy (non-hydrogen) atoms. The third kappa shape index (κ3) is 7.46. The van der Waals surface area contributed by atoms with Gasteiger partial charge in [0, 0.05) is 17.6 Å². The van der Waals surface area contributed by atoms with Gasteiger partial charge < -0.3 is 10.2 Å². The van der Waals surface area contributed by atoms with Crippen LogP contribution < -0.4 is 9.62 Å². The van der Waals surface area contributed by atoms with Crippen LogP contribution in [0.1, 0.15) is 56.6 Å². The average molecular weight is 534 g/mol. The van der Waals surface area contributed by atoms with Crippen LogP contribution in [0.15, 0.2) is 48.5 Å². The second-order valence-corrected chi connectivity index (χ2v) is 11.8. The molecule has 1 aliphatic rings. The molecular formula is C27H36ClN3O4S. The Hall–Kier alpha value is -2.58. The van der Waals surface area contributed by atoms with Crippen molar-refractivity contribution in [2.45, 2.75) is 71.0 Å². The lowest BCUT2D eigenvalue weighted by Gasteiger charge is -2.34. The van der Waals surface area contributed by atoms with Crippen molar-refractivity contribution in [3.05, 3.63) is 64.7 Å². The summed E-state index contributed by atoms with van der Waals surface area (Å²) in [5.74, 6) is -0.644. The van der Waals surface area contributed by atoms with Crippen molar-refractivity contribution in [1.29, 1.82) is 0 Å². The smallest absolute Gasteiger partial charge is 0.244 e. The van der Waals surface area contributed by atoms with Gasteiger partial charge in [-0.2, -0.15) is 0 Å². The van der Waals surface area contributed by atoms with Crippen molar-refractivity contribution in [3.8, 4) is 0 Å². The van der Waals surface area contributed by atoms with Crippen molar-refractivity contribution in [3.63, 3.8) is 0 Å². The summed E-state index contributed by atoms with van der Waals surface area (Å²) >= 11 is 6.10. The van der Waals surface area contributed by atoms with Crippen LogP contribution in [0.3, 0.4) is 0 Å². The van der Waals surface area contributed by atoms with Gasteiger partial charge in [0.25, 0.3) is 0 Å². The molecule has 0 aromatic heterocycles. The molecule has 0 heterocycles. The zero-order valence-electron chi connectivity index (χ0n) is 21.2. The number of halogens is 1. The number of anilines is 1. The molecular weight excluding hydrogens is 498 g/mol. The van der Waals surface area contributed by atoms with E-state index in [0.717, 1.165) is 47.4 Å². The number of carbonyl (C=O) groups excluding carboxylic acids is 2. The second-order valence-electron chi connectivity index (χ2n) is 9.47. The van der Waals surface area contributed by atoms with Crippen molar-refractivity contribution >= 4 is 39.1 Å². The van der Waals surface area contributed by atoms with Crippen LogP contribution in [0, 0.1) is 6.92 Å². The maximum atomic E-state index is 13.8. The maximum Gasteiger partial charge on any atom is 0.244 e. The Morgan fingerprint density at radius 3 is 2.39 bits per heavy atom. The third-order valence-electron chi connectivity index (χ3n) is 6.71. The predicted octanol–water partition coefficient (Wildman–Crippen LogP) is 4.67. The highest BCUT2D eigenvalue weighted by molar-refractivity contribution is 7.92. The van der Waals surface area contributed by atoms with Gasteiger partial charge in [0.2, 0.25) is 21.8 Å². The molecule has 0 aliphatic heterocycles. The van der Waals surface area contributed by atoms with Crippen molar-refractivity contribution in [2.75, 3.05) is 17.1 Å². The highest BCUT2D eigenvalue weighted by atomic mass is 35.5. The fourth-order valence-corrected chi connectivity index (χ4v) is 5.71. The van der Waals surface area contributed by atoms with Gasteiger partial charge in [0.1, 0.15) is 12.6 Å². The van der Waals surface area contributed by atoms with Gasteiger partial charge in [-0.05, 0) is 55.5 Å². The van der Waals surface area contributed by atoms with Crippen molar-refractivity contribution in [1.82, 2.24) is 10.2 Å². The molecule has 0 saturated heterocycles. The fourth-order valence-electron chi connectivity index (χ4n) is 4.68. The number of nitrogens with one attached hydrogen (secondary N) is 1. The predicted molar refractivity (Wildman–Crippen MR) is 144 cm³/mol. The molecule has 1 unspecified atom stereocenters. The third-order valence-corrected chi connectivity index (χ3v) is 8.09. The molecule has 1 atom stereocenters. The molecule has 1 saturated carbocycles. The van der Waals surface area contributed by atoms with E-state index in [9.17, 15) is 18.0 Å². The van der Waals surface area contributed by atoms with Gasteiger partial charge in [0.05, 0.1) is 11.9 Å². The standard InChI is InChI=1S/C27H36ClN3O4S/c1-4-25(27(33)29-23-14-6-5-7-15-23)30(18-21-12-9-8-11-20(21)2)26(32)19-31(36(3,34)35)24-16-10-13-22(28)17-24/h8-13,16-17,23,25H,4-7,14-15,18-19H2,1-3H3,(H,29,33). The minimum Gasteiger partial charge on any atom is -0.352 e. The van der Waals surface area contributed by atoms with Crippen LogP contribution in [-0.4, -0.2) is 50.0 Å². The molecule has 1 aliphatic carbocycles. The zero-order chi connectivity index (χ0) is 26.3. The minimum atomic E-state index is -3.79. The first-order chi connectivity index (χ1) is 17.1. The summed E-state index contributed by atoms with van der Waals surface area (Å²) in [5, 5.41) is 3.51. The van der Waals surface area contributed by atoms with Crippen molar-refractivity contribution < 1.29 is 18.0 Å². The molecule has 2 aromatic carbocycles. The van der Waals surface area contributed by atoms with E-state index in [4.69, 9.17) is 11.6 Å². The van der Waals surface area contributed by atoms with Gasteiger partial charge in [-0.1, -0.05) is 68.1 Å². The van der Waals surface area contributed by atoms with E-state index in [1.165, 1.54) is 17.4 Å². The number of hydrogen-bond acceptors (Lipinski definition) is 4. The van der Waals surface area contributed by atoms with Crippen LogP contribution in [0.2, 0.25) is 5.02 Å². The Bertz CT molecular complexity index is 1170. The van der Waals surface area contributed by atoms with Crippen molar-refractivity contribution in [2.24, 2.45) is 0 Å². The number of aryl methyl sites for hydroxylation is 1. The molecule has 1 fully saturated rings. The molecule has 1 N–H and O–H groups in total. The topological polar surface area (TPSA) is 86.8 Å². The lowest BCUT2D eigenvalue weighted by Crippen LogP contribution is -2.54. The Morgan fingerprint density at radius 2 is 1.78 bits per heavy atom. The van der Waals surface area contributed by atoms with Crippen LogP contribution >= 0.6 is 11.6 Å². The van der Waals surface area contributed by atoms with Gasteiger partial charge in [0.15, 0.2) is 0 Å². The Balaban J connectivity index is 1.92. The fraction of sp³-hybridized carbons (Fsp3) is 0.481. The van der Waals surface area contributed by atoms with E-state index in [1.54, 1.807) is 18.2 Å². The molecule has 2 aromatic rings. The maximum absolute atomic E-state index is 13.8. The molecule has 9 heteroatoms. The van der Waals surface area contributed by atoms with E-state index < -0.39 is 28.5 Å². The summed E-state index contributed by atoms with van der Waals surface area (Å²) in [6.45, 7) is 3.60. The van der Waals surface area contributed by atoms with E-state index in [0.29, 0.717) is 17.1 Å². The Kier molecular flexibility index (Phi) is 9.79. The average Bonchev–Trinajstić information content (AvgIpc) is 2.83. The normalized spacial score (nSPS) is 15.2. The monoisotopic (exact) mass is 533 g/mol. The SMILES string of the molecule is CCC(C(=O)NC1CCCCC1)N(Cc1ccccc1C)C(=O)CN(c1cccc(Cl)c1)S(C)(=O)=O. The number of sulfonamides is 1. The molecule has 196 valence electrons. The number of carbonyl (C=O) groups is 2. The van der Waals surface area contributed by atoms with Gasteiger partial charge in [-0.3, -0.25) is 13.9 Å². The lowest BCUT2D eigenvalue weighted by atomic mass is 9.95. The summed E-state index contributed by atoms with van der Waals surface area (Å²) in [4.78, 5) is 28.7. The summed E-state index contributed by atoms with van der Waals surface area (Å²) in [5.41, 5.74) is 2.20. The number of benzene rings is 2. The zero-order valence-corrected chi connectivity index (χ0v) is 22.8. The minimum absolute atomic E-state index is 0.106. The van der Waals surface area contributed by atoms with E-state index in [-0.39, 0.29) is 18.5 Å². The quantitative estimate of drug-likeness (QED) is 0.481. The molecule has 3 rings (SSSR count). The first-order valence-corrected chi connectivity index (χ1v) is 14.7. The van der Waals surface area contributed by atoms with E-state index in [2.05, 4.69) is 5.32 Å². The highest BCUT2D eigenvalue weighted by Gasteiger charge is 2.33. The largest absolute Gasteiger partial charge is 0.352 e. The van der Waals surface area contributed by atoms with Crippen LogP contribution in [0.4, 0.5) is 5.69 Å². The van der Waals surface area contributed by atoms with E-state index >= 15 is 0 Å². The number of hydrogen-bond donors (Lipinski definition) is 1. The van der Waals surface area contributed by atoms with Gasteiger partial charge in [-0.15, -0.1) is 0 Å². The summed E-state index contributed by atoms with van der Waals surface area (Å²) in [7, 11) is -3.79. The molecule has 0 spiro atoms. The summed E-state index contributed by atoms with van der Waals surface area (Å²) < 4.78 is 26.4. The summed E-state index contributed by atoms with van der Waals surface area (Å²) in [6, 6.07) is 13.5. The summed E-state index contributed by atoms with van der Waals surface area (Å²) in [6.07, 6.45) is 6.67. The molecule has 0 radical (unpaired) electrons. The Morgan fingerprint density at radius 1 is 1.08 bits per heavy atom. The number of rotatable bonds is 10. The Labute approximate surface area is 219 Å². The molecule has 7 nitrogen and oxygen atoms in total. The van der Waals surface area contributed by atoms with Gasteiger partial charge in [-0.25, -0.2) is 8.42 Å². The van der Waals surface area contributed by atoms with Crippen LogP contribution in [0.25, 0.3) is 0 Å². The highest BCUT2D eigenvalue weighted by Crippen LogP contribution is 2.24. The molecule has 0 bridgehead atoms. The first kappa shape index (κ1) is 28.0. The lowest BCUT2D eigenvalue weighted by molar-refractivity contribution is -0.140. The first-order valence-electron chi connectivity index (χ1n) is 12.5. The number of amides is 2. The van der Waals surface area contributed by atoms with Gasteiger partial charge >= 0.3 is 0 Å². The second kappa shape index (κ2) is 12.6.